The third kappa shape index (κ3) is 2.65. The summed E-state index contributed by atoms with van der Waals surface area (Å²) in [5, 5.41) is 0.383. The van der Waals surface area contributed by atoms with Gasteiger partial charge in [0, 0.05) is 5.02 Å². The van der Waals surface area contributed by atoms with E-state index in [-0.39, 0.29) is 22.4 Å². The van der Waals surface area contributed by atoms with Crippen LogP contribution < -0.4 is 4.74 Å². The molecule has 2 rings (SSSR count). The molecule has 0 aliphatic rings. The molecule has 104 valence electrons. The average Bonchev–Trinajstić information content (AvgIpc) is 2.42. The highest BCUT2D eigenvalue weighted by Crippen LogP contribution is 2.27. The lowest BCUT2D eigenvalue weighted by molar-refractivity contribution is 0.103. The van der Waals surface area contributed by atoms with E-state index >= 15 is 0 Å². The highest BCUT2D eigenvalue weighted by Gasteiger charge is 2.20. The molecule has 0 spiro atoms. The van der Waals surface area contributed by atoms with Crippen molar-refractivity contribution in [1.29, 1.82) is 0 Å². The molecule has 0 N–H and O–H groups in total. The van der Waals surface area contributed by atoms with E-state index in [1.54, 1.807) is 0 Å². The van der Waals surface area contributed by atoms with E-state index in [4.69, 9.17) is 16.3 Å². The summed E-state index contributed by atoms with van der Waals surface area (Å²) >= 11 is 5.80. The van der Waals surface area contributed by atoms with Crippen LogP contribution in [0.3, 0.4) is 0 Å². The van der Waals surface area contributed by atoms with Gasteiger partial charge in [0.15, 0.2) is 5.78 Å². The quantitative estimate of drug-likeness (QED) is 0.795. The van der Waals surface area contributed by atoms with Crippen LogP contribution in [0.2, 0.25) is 5.02 Å². The molecular formula is C15H11ClF2O2. The van der Waals surface area contributed by atoms with Gasteiger partial charge in [0.05, 0.1) is 18.2 Å². The van der Waals surface area contributed by atoms with E-state index in [1.807, 2.05) is 0 Å². The maximum absolute atomic E-state index is 13.8. The first-order valence-electron chi connectivity index (χ1n) is 5.78. The molecule has 0 aromatic heterocycles. The van der Waals surface area contributed by atoms with Crippen LogP contribution in [0.1, 0.15) is 21.5 Å². The maximum atomic E-state index is 13.8. The molecule has 5 heteroatoms. The van der Waals surface area contributed by atoms with Gasteiger partial charge in [-0.2, -0.15) is 0 Å². The molecule has 0 saturated heterocycles. The van der Waals surface area contributed by atoms with Crippen molar-refractivity contribution >= 4 is 17.4 Å². The number of ketones is 1. The number of carbonyl (C=O) groups is 1. The van der Waals surface area contributed by atoms with Gasteiger partial charge in [0.1, 0.15) is 17.4 Å². The summed E-state index contributed by atoms with van der Waals surface area (Å²) in [6.07, 6.45) is 0. The monoisotopic (exact) mass is 296 g/mol. The van der Waals surface area contributed by atoms with Gasteiger partial charge in [0.25, 0.3) is 0 Å². The standard InChI is InChI=1S/C15H11ClF2O2/c1-8-5-13(18)11(7-12(8)17)15(19)10-4-3-9(16)6-14(10)20-2/h3-7H,1-2H3. The molecule has 0 unspecified atom stereocenters. The van der Waals surface area contributed by atoms with Crippen molar-refractivity contribution in [2.45, 2.75) is 6.92 Å². The predicted octanol–water partition coefficient (Wildman–Crippen LogP) is 4.17. The van der Waals surface area contributed by atoms with Gasteiger partial charge in [-0.05, 0) is 42.8 Å². The smallest absolute Gasteiger partial charge is 0.199 e. The Morgan fingerprint density at radius 1 is 1.10 bits per heavy atom. The Bertz CT molecular complexity index is 684. The summed E-state index contributed by atoms with van der Waals surface area (Å²) in [5.41, 5.74) is -0.0742. The molecule has 0 amide bonds. The van der Waals surface area contributed by atoms with Crippen LogP contribution >= 0.6 is 11.6 Å². The SMILES string of the molecule is COc1cc(Cl)ccc1C(=O)c1cc(F)c(C)cc1F. The van der Waals surface area contributed by atoms with E-state index in [0.717, 1.165) is 12.1 Å². The summed E-state index contributed by atoms with van der Waals surface area (Å²) in [7, 11) is 1.37. The van der Waals surface area contributed by atoms with Crippen LogP contribution in [-0.2, 0) is 0 Å². The summed E-state index contributed by atoms with van der Waals surface area (Å²) < 4.78 is 32.4. The van der Waals surface area contributed by atoms with Crippen molar-refractivity contribution in [1.82, 2.24) is 0 Å². The van der Waals surface area contributed by atoms with Crippen LogP contribution in [0.5, 0.6) is 5.75 Å². The second-order valence-electron chi connectivity index (χ2n) is 4.25. The lowest BCUT2D eigenvalue weighted by Gasteiger charge is -2.09. The normalized spacial score (nSPS) is 10.4. The predicted molar refractivity (Wildman–Crippen MR) is 72.5 cm³/mol. The number of ether oxygens (including phenoxy) is 1. The Morgan fingerprint density at radius 2 is 1.80 bits per heavy atom. The van der Waals surface area contributed by atoms with Crippen LogP contribution in [0.25, 0.3) is 0 Å². The van der Waals surface area contributed by atoms with Gasteiger partial charge < -0.3 is 4.74 Å². The molecule has 0 radical (unpaired) electrons. The van der Waals surface area contributed by atoms with Crippen molar-refractivity contribution in [2.75, 3.05) is 7.11 Å². The van der Waals surface area contributed by atoms with Crippen molar-refractivity contribution in [3.8, 4) is 5.75 Å². The molecule has 0 bridgehead atoms. The summed E-state index contributed by atoms with van der Waals surface area (Å²) in [6.45, 7) is 1.43. The Morgan fingerprint density at radius 3 is 2.45 bits per heavy atom. The van der Waals surface area contributed by atoms with Crippen molar-refractivity contribution in [3.63, 3.8) is 0 Å². The highest BCUT2D eigenvalue weighted by molar-refractivity contribution is 6.31. The van der Waals surface area contributed by atoms with Crippen LogP contribution in [0.15, 0.2) is 30.3 Å². The second kappa shape index (κ2) is 5.59. The van der Waals surface area contributed by atoms with Crippen molar-refractivity contribution < 1.29 is 18.3 Å². The number of benzene rings is 2. The van der Waals surface area contributed by atoms with E-state index in [1.165, 1.54) is 32.2 Å². The Balaban J connectivity index is 2.54. The fourth-order valence-electron chi connectivity index (χ4n) is 1.82. The van der Waals surface area contributed by atoms with E-state index < -0.39 is 17.4 Å². The van der Waals surface area contributed by atoms with Crippen LogP contribution in [0.4, 0.5) is 8.78 Å². The third-order valence-corrected chi connectivity index (χ3v) is 3.14. The number of halogens is 3. The minimum Gasteiger partial charge on any atom is -0.496 e. The Kier molecular flexibility index (Phi) is 4.04. The van der Waals surface area contributed by atoms with Gasteiger partial charge in [-0.25, -0.2) is 8.78 Å². The molecule has 0 heterocycles. The topological polar surface area (TPSA) is 26.3 Å². The Labute approximate surface area is 119 Å². The molecular weight excluding hydrogens is 286 g/mol. The van der Waals surface area contributed by atoms with Gasteiger partial charge in [-0.3, -0.25) is 4.79 Å². The fraction of sp³-hybridized carbons (Fsp3) is 0.133. The first kappa shape index (κ1) is 14.5. The van der Waals surface area contributed by atoms with Gasteiger partial charge in [-0.15, -0.1) is 0 Å². The average molecular weight is 297 g/mol. The molecule has 0 aliphatic heterocycles. The molecule has 20 heavy (non-hydrogen) atoms. The second-order valence-corrected chi connectivity index (χ2v) is 4.69. The number of aryl methyl sites for hydroxylation is 1. The zero-order chi connectivity index (χ0) is 14.9. The first-order chi connectivity index (χ1) is 9.43. The number of rotatable bonds is 3. The van der Waals surface area contributed by atoms with E-state index in [2.05, 4.69) is 0 Å². The zero-order valence-corrected chi connectivity index (χ0v) is 11.6. The summed E-state index contributed by atoms with van der Waals surface area (Å²) in [5.74, 6) is -1.86. The van der Waals surface area contributed by atoms with Crippen LogP contribution in [0, 0.1) is 18.6 Å². The van der Waals surface area contributed by atoms with Crippen molar-refractivity contribution in [2.24, 2.45) is 0 Å². The lowest BCUT2D eigenvalue weighted by atomic mass is 10.0. The first-order valence-corrected chi connectivity index (χ1v) is 6.15. The maximum Gasteiger partial charge on any atom is 0.199 e. The number of hydrogen-bond donors (Lipinski definition) is 0. The van der Waals surface area contributed by atoms with Crippen LogP contribution in [-0.4, -0.2) is 12.9 Å². The molecule has 0 saturated carbocycles. The third-order valence-electron chi connectivity index (χ3n) is 2.90. The van der Waals surface area contributed by atoms with E-state index in [0.29, 0.717) is 5.02 Å². The lowest BCUT2D eigenvalue weighted by Crippen LogP contribution is -2.07. The summed E-state index contributed by atoms with van der Waals surface area (Å²) in [6, 6.07) is 6.23. The minimum absolute atomic E-state index is 0.124. The molecule has 0 fully saturated rings. The van der Waals surface area contributed by atoms with Gasteiger partial charge >= 0.3 is 0 Å². The molecule has 0 aliphatic carbocycles. The summed E-state index contributed by atoms with van der Waals surface area (Å²) in [4.78, 5) is 12.3. The molecule has 2 nitrogen and oxygen atoms in total. The van der Waals surface area contributed by atoms with Crippen molar-refractivity contribution in [3.05, 3.63) is 63.7 Å². The molecule has 0 atom stereocenters. The highest BCUT2D eigenvalue weighted by atomic mass is 35.5. The Hall–Kier alpha value is -1.94. The van der Waals surface area contributed by atoms with Gasteiger partial charge in [-0.1, -0.05) is 11.6 Å². The molecule has 2 aromatic carbocycles. The fourth-order valence-corrected chi connectivity index (χ4v) is 1.98. The minimum atomic E-state index is -0.772. The largest absolute Gasteiger partial charge is 0.496 e. The van der Waals surface area contributed by atoms with Gasteiger partial charge in [0.2, 0.25) is 0 Å². The number of methoxy groups -OCH3 is 1. The zero-order valence-electron chi connectivity index (χ0n) is 10.8. The number of carbonyl (C=O) groups excluding carboxylic acids is 1. The molecule has 2 aromatic rings. The number of hydrogen-bond acceptors (Lipinski definition) is 2. The van der Waals surface area contributed by atoms with E-state index in [9.17, 15) is 13.6 Å².